The van der Waals surface area contributed by atoms with Crippen molar-refractivity contribution in [2.45, 2.75) is 26.2 Å². The lowest BCUT2D eigenvalue weighted by molar-refractivity contribution is -0.141. The fraction of sp³-hybridized carbons (Fsp3) is 0.800. The van der Waals surface area contributed by atoms with Crippen LogP contribution in [0.1, 0.15) is 26.2 Å². The van der Waals surface area contributed by atoms with Crippen LogP contribution in [0.4, 0.5) is 0 Å². The number of nitrogens with one attached hydrogen (secondary N) is 1. The molecule has 0 amide bonds. The van der Waals surface area contributed by atoms with Crippen LogP contribution in [0.5, 0.6) is 0 Å². The van der Waals surface area contributed by atoms with Crippen LogP contribution >= 0.6 is 0 Å². The van der Waals surface area contributed by atoms with Gasteiger partial charge in [0.25, 0.3) is 0 Å². The van der Waals surface area contributed by atoms with Gasteiger partial charge in [0.1, 0.15) is 0 Å². The van der Waals surface area contributed by atoms with Gasteiger partial charge in [-0.25, -0.2) is 13.1 Å². The van der Waals surface area contributed by atoms with E-state index in [0.29, 0.717) is 12.8 Å². The van der Waals surface area contributed by atoms with Crippen LogP contribution in [0.25, 0.3) is 0 Å². The second-order valence-electron chi connectivity index (χ2n) is 3.92. The highest BCUT2D eigenvalue weighted by Gasteiger charge is 2.14. The van der Waals surface area contributed by atoms with Gasteiger partial charge in [-0.05, 0) is 12.8 Å². The summed E-state index contributed by atoms with van der Waals surface area (Å²) in [5.74, 6) is -2.30. The first kappa shape index (κ1) is 16.9. The van der Waals surface area contributed by atoms with Gasteiger partial charge in [-0.15, -0.1) is 0 Å². The molecule has 0 heterocycles. The van der Waals surface area contributed by atoms with E-state index in [1.165, 1.54) is 7.11 Å². The average molecular weight is 281 g/mol. The highest BCUT2D eigenvalue weighted by atomic mass is 32.2. The van der Waals surface area contributed by atoms with E-state index in [2.05, 4.69) is 9.46 Å². The molecular formula is C10H19NO6S. The van der Waals surface area contributed by atoms with Gasteiger partial charge in [-0.3, -0.25) is 9.59 Å². The number of hydrogen-bond donors (Lipinski definition) is 2. The van der Waals surface area contributed by atoms with Gasteiger partial charge < -0.3 is 9.84 Å². The van der Waals surface area contributed by atoms with Crippen LogP contribution in [0.3, 0.4) is 0 Å². The lowest BCUT2D eigenvalue weighted by atomic mass is 10.1. The second-order valence-corrected chi connectivity index (χ2v) is 5.85. The largest absolute Gasteiger partial charge is 0.481 e. The summed E-state index contributed by atoms with van der Waals surface area (Å²) in [7, 11) is -2.31. The number of ether oxygens (including phenoxy) is 1. The van der Waals surface area contributed by atoms with Gasteiger partial charge in [0.05, 0.1) is 25.2 Å². The van der Waals surface area contributed by atoms with Crippen molar-refractivity contribution in [2.75, 3.05) is 19.4 Å². The zero-order valence-corrected chi connectivity index (χ0v) is 11.3. The molecule has 8 heteroatoms. The number of methoxy groups -OCH3 is 1. The highest BCUT2D eigenvalue weighted by Crippen LogP contribution is 2.04. The fourth-order valence-electron chi connectivity index (χ4n) is 1.15. The Hall–Kier alpha value is -1.15. The van der Waals surface area contributed by atoms with Crippen molar-refractivity contribution in [2.24, 2.45) is 5.92 Å². The predicted octanol–water partition coefficient (Wildman–Crippen LogP) is -0.0302. The Labute approximate surface area is 107 Å². The summed E-state index contributed by atoms with van der Waals surface area (Å²) in [4.78, 5) is 21.3. The number of aliphatic carboxylic acids is 1. The predicted molar refractivity (Wildman–Crippen MR) is 64.5 cm³/mol. The first-order chi connectivity index (χ1) is 8.28. The Kier molecular flexibility index (Phi) is 7.53. The lowest BCUT2D eigenvalue weighted by Gasteiger charge is -2.07. The number of carbonyl (C=O) groups excluding carboxylic acids is 1. The molecule has 7 nitrogen and oxygen atoms in total. The van der Waals surface area contributed by atoms with Gasteiger partial charge in [-0.2, -0.15) is 0 Å². The third-order valence-corrected chi connectivity index (χ3v) is 3.75. The minimum absolute atomic E-state index is 0.168. The molecule has 0 spiro atoms. The Balaban J connectivity index is 3.84. The van der Waals surface area contributed by atoms with Crippen LogP contribution in [-0.2, 0) is 24.3 Å². The molecule has 0 saturated carbocycles. The molecule has 0 aliphatic rings. The summed E-state index contributed by atoms with van der Waals surface area (Å²) in [5.41, 5.74) is 0. The van der Waals surface area contributed by atoms with Crippen molar-refractivity contribution in [3.8, 4) is 0 Å². The van der Waals surface area contributed by atoms with Gasteiger partial charge in [0.15, 0.2) is 0 Å². The molecule has 0 aromatic rings. The van der Waals surface area contributed by atoms with E-state index in [1.807, 2.05) is 0 Å². The zero-order valence-electron chi connectivity index (χ0n) is 10.5. The van der Waals surface area contributed by atoms with E-state index in [4.69, 9.17) is 5.11 Å². The van der Waals surface area contributed by atoms with E-state index in [1.54, 1.807) is 6.92 Å². The maximum absolute atomic E-state index is 11.4. The summed E-state index contributed by atoms with van der Waals surface area (Å²) >= 11 is 0. The molecule has 1 atom stereocenters. The van der Waals surface area contributed by atoms with E-state index < -0.39 is 27.9 Å². The molecule has 0 radical (unpaired) electrons. The molecule has 18 heavy (non-hydrogen) atoms. The third-order valence-electron chi connectivity index (χ3n) is 2.36. The second kappa shape index (κ2) is 8.04. The van der Waals surface area contributed by atoms with Crippen molar-refractivity contribution >= 4 is 22.0 Å². The topological polar surface area (TPSA) is 110 Å². The Morgan fingerprint density at radius 3 is 2.50 bits per heavy atom. The third kappa shape index (κ3) is 8.02. The SMILES string of the molecule is COC(=O)CCS(=O)(=O)NCCCC(C)C(=O)O. The van der Waals surface area contributed by atoms with Crippen molar-refractivity contribution in [3.05, 3.63) is 0 Å². The molecule has 2 N–H and O–H groups in total. The van der Waals surface area contributed by atoms with Gasteiger partial charge >= 0.3 is 11.9 Å². The Morgan fingerprint density at radius 2 is 2.00 bits per heavy atom. The normalized spacial score (nSPS) is 13.0. The van der Waals surface area contributed by atoms with Crippen molar-refractivity contribution in [1.29, 1.82) is 0 Å². The molecule has 0 fully saturated rings. The number of carboxylic acid groups (broad SMARTS) is 1. The maximum Gasteiger partial charge on any atom is 0.306 e. The van der Waals surface area contributed by atoms with E-state index >= 15 is 0 Å². The molecule has 0 bridgehead atoms. The average Bonchev–Trinajstić information content (AvgIpc) is 2.31. The van der Waals surface area contributed by atoms with Crippen LogP contribution in [-0.4, -0.2) is 44.9 Å². The molecule has 0 rings (SSSR count). The molecule has 0 aromatic carbocycles. The summed E-state index contributed by atoms with van der Waals surface area (Å²) in [6.07, 6.45) is 0.636. The number of carboxylic acids is 1. The summed E-state index contributed by atoms with van der Waals surface area (Å²) in [6, 6.07) is 0. The van der Waals surface area contributed by atoms with E-state index in [0.717, 1.165) is 0 Å². The standard InChI is InChI=1S/C10H19NO6S/c1-8(10(13)14)4-3-6-11-18(15,16)7-5-9(12)17-2/h8,11H,3-7H2,1-2H3,(H,13,14). The van der Waals surface area contributed by atoms with E-state index in [-0.39, 0.29) is 18.7 Å². The number of carbonyl (C=O) groups is 2. The van der Waals surface area contributed by atoms with E-state index in [9.17, 15) is 18.0 Å². The number of hydrogen-bond acceptors (Lipinski definition) is 5. The van der Waals surface area contributed by atoms with Crippen LogP contribution in [0.15, 0.2) is 0 Å². The maximum atomic E-state index is 11.4. The molecule has 0 aliphatic heterocycles. The molecule has 0 aliphatic carbocycles. The zero-order chi connectivity index (χ0) is 14.2. The number of rotatable bonds is 9. The first-order valence-corrected chi connectivity index (χ1v) is 7.20. The van der Waals surface area contributed by atoms with Crippen LogP contribution < -0.4 is 4.72 Å². The molecule has 0 saturated heterocycles. The minimum Gasteiger partial charge on any atom is -0.481 e. The van der Waals surface area contributed by atoms with Crippen molar-refractivity contribution < 1.29 is 27.9 Å². The smallest absolute Gasteiger partial charge is 0.306 e. The Bertz CT molecular complexity index is 378. The first-order valence-electron chi connectivity index (χ1n) is 5.55. The minimum atomic E-state index is -3.50. The Morgan fingerprint density at radius 1 is 1.39 bits per heavy atom. The lowest BCUT2D eigenvalue weighted by Crippen LogP contribution is -2.29. The monoisotopic (exact) mass is 281 g/mol. The summed E-state index contributed by atoms with van der Waals surface area (Å²) in [6.45, 7) is 1.73. The molecule has 0 aromatic heterocycles. The van der Waals surface area contributed by atoms with Crippen LogP contribution in [0, 0.1) is 5.92 Å². The van der Waals surface area contributed by atoms with Crippen LogP contribution in [0.2, 0.25) is 0 Å². The molecular weight excluding hydrogens is 262 g/mol. The van der Waals surface area contributed by atoms with Crippen molar-refractivity contribution in [1.82, 2.24) is 4.72 Å². The van der Waals surface area contributed by atoms with Crippen molar-refractivity contribution in [3.63, 3.8) is 0 Å². The number of esters is 1. The quantitative estimate of drug-likeness (QED) is 0.453. The van der Waals surface area contributed by atoms with Gasteiger partial charge in [0.2, 0.25) is 10.0 Å². The summed E-state index contributed by atoms with van der Waals surface area (Å²) < 4.78 is 29.4. The highest BCUT2D eigenvalue weighted by molar-refractivity contribution is 7.89. The van der Waals surface area contributed by atoms with Gasteiger partial charge in [-0.1, -0.05) is 6.92 Å². The molecule has 106 valence electrons. The van der Waals surface area contributed by atoms with Gasteiger partial charge in [0, 0.05) is 6.54 Å². The summed E-state index contributed by atoms with van der Waals surface area (Å²) in [5, 5.41) is 8.62. The molecule has 1 unspecified atom stereocenters. The fourth-order valence-corrected chi connectivity index (χ4v) is 2.19. The number of sulfonamides is 1.